The Labute approximate surface area is 90.0 Å². The molecule has 0 aliphatic rings. The number of carbonyl (C=O) groups is 1. The minimum Gasteiger partial charge on any atom is -0.459 e. The molecule has 1 rings (SSSR count). The molecule has 4 heteroatoms. The van der Waals surface area contributed by atoms with E-state index < -0.39 is 0 Å². The highest BCUT2D eigenvalue weighted by molar-refractivity contribution is 9.11. The number of hydrogen-bond donors (Lipinski definition) is 0. The summed E-state index contributed by atoms with van der Waals surface area (Å²) in [6.07, 6.45) is -0.0643. The highest BCUT2D eigenvalue weighted by Gasteiger charge is 2.15. The minimum atomic E-state index is -0.241. The Hall–Kier alpha value is -0.350. The Kier molecular flexibility index (Phi) is 3.50. The van der Waals surface area contributed by atoms with E-state index in [4.69, 9.17) is 4.74 Å². The minimum absolute atomic E-state index is 0.0643. The van der Waals surface area contributed by atoms with Gasteiger partial charge >= 0.3 is 5.97 Å². The molecule has 13 heavy (non-hydrogen) atoms. The zero-order valence-electron chi connectivity index (χ0n) is 7.76. The first-order valence-corrected chi connectivity index (χ1v) is 5.64. The van der Waals surface area contributed by atoms with Crippen molar-refractivity contribution in [2.75, 3.05) is 0 Å². The average Bonchev–Trinajstić information content (AvgIpc) is 2.31. The maximum Gasteiger partial charge on any atom is 0.339 e. The van der Waals surface area contributed by atoms with E-state index in [0.717, 1.165) is 9.35 Å². The van der Waals surface area contributed by atoms with Crippen LogP contribution < -0.4 is 0 Å². The molecule has 0 spiro atoms. The predicted molar refractivity (Wildman–Crippen MR) is 57.3 cm³/mol. The molecular weight excluding hydrogens is 252 g/mol. The number of carbonyl (C=O) groups excluding carboxylic acids is 1. The largest absolute Gasteiger partial charge is 0.459 e. The summed E-state index contributed by atoms with van der Waals surface area (Å²) in [5.74, 6) is -0.241. The van der Waals surface area contributed by atoms with Gasteiger partial charge in [-0.3, -0.25) is 0 Å². The zero-order valence-corrected chi connectivity index (χ0v) is 10.2. The smallest absolute Gasteiger partial charge is 0.339 e. The highest BCUT2D eigenvalue weighted by Crippen LogP contribution is 2.27. The molecule has 0 aliphatic carbocycles. The molecule has 0 aliphatic heterocycles. The van der Waals surface area contributed by atoms with Gasteiger partial charge in [0.2, 0.25) is 0 Å². The first kappa shape index (κ1) is 10.7. The Bertz CT molecular complexity index is 317. The lowest BCUT2D eigenvalue weighted by Gasteiger charge is -2.06. The van der Waals surface area contributed by atoms with Gasteiger partial charge in [0.05, 0.1) is 15.5 Å². The van der Waals surface area contributed by atoms with Crippen LogP contribution in [0, 0.1) is 6.92 Å². The van der Waals surface area contributed by atoms with E-state index >= 15 is 0 Å². The molecule has 1 aromatic rings. The number of thiophene rings is 1. The molecule has 0 unspecified atom stereocenters. The summed E-state index contributed by atoms with van der Waals surface area (Å²) in [5.41, 5.74) is 1.61. The zero-order chi connectivity index (χ0) is 10.0. The second-order valence-corrected chi connectivity index (χ2v) is 5.20. The molecule has 0 aromatic carbocycles. The topological polar surface area (TPSA) is 26.3 Å². The summed E-state index contributed by atoms with van der Waals surface area (Å²) >= 11 is 4.86. The molecule has 72 valence electrons. The first-order chi connectivity index (χ1) is 6.02. The Balaban J connectivity index is 2.83. The monoisotopic (exact) mass is 262 g/mol. The van der Waals surface area contributed by atoms with Gasteiger partial charge in [-0.2, -0.15) is 0 Å². The van der Waals surface area contributed by atoms with E-state index in [1.165, 1.54) is 11.3 Å². The number of ether oxygens (including phenoxy) is 1. The Morgan fingerprint density at radius 3 is 2.62 bits per heavy atom. The van der Waals surface area contributed by atoms with Crippen LogP contribution in [0.15, 0.2) is 9.17 Å². The highest BCUT2D eigenvalue weighted by atomic mass is 79.9. The van der Waals surface area contributed by atoms with Gasteiger partial charge in [-0.15, -0.1) is 11.3 Å². The molecule has 0 saturated heterocycles. The molecule has 0 amide bonds. The average molecular weight is 263 g/mol. The summed E-state index contributed by atoms with van der Waals surface area (Å²) in [6.45, 7) is 5.58. The summed E-state index contributed by atoms with van der Waals surface area (Å²) in [6, 6.07) is 0. The third kappa shape index (κ3) is 2.54. The Morgan fingerprint density at radius 1 is 1.62 bits per heavy atom. The molecule has 0 atom stereocenters. The van der Waals surface area contributed by atoms with Crippen molar-refractivity contribution in [3.05, 3.63) is 20.3 Å². The van der Waals surface area contributed by atoms with E-state index in [1.807, 2.05) is 26.2 Å². The number of halogens is 1. The van der Waals surface area contributed by atoms with Gasteiger partial charge in [0, 0.05) is 5.38 Å². The van der Waals surface area contributed by atoms with Gasteiger partial charge in [-0.1, -0.05) is 0 Å². The van der Waals surface area contributed by atoms with Crippen LogP contribution in [0.2, 0.25) is 0 Å². The van der Waals surface area contributed by atoms with E-state index in [1.54, 1.807) is 0 Å². The molecule has 0 fully saturated rings. The van der Waals surface area contributed by atoms with Gasteiger partial charge in [0.15, 0.2) is 0 Å². The molecule has 1 heterocycles. The van der Waals surface area contributed by atoms with Crippen molar-refractivity contribution < 1.29 is 9.53 Å². The van der Waals surface area contributed by atoms with Gasteiger partial charge in [-0.05, 0) is 42.3 Å². The maximum atomic E-state index is 11.5. The van der Waals surface area contributed by atoms with Crippen molar-refractivity contribution in [2.45, 2.75) is 26.9 Å². The number of rotatable bonds is 2. The SMILES string of the molecule is Cc1c(C(=O)OC(C)C)csc1Br. The predicted octanol–water partition coefficient (Wildman–Crippen LogP) is 3.38. The van der Waals surface area contributed by atoms with Crippen molar-refractivity contribution in [1.82, 2.24) is 0 Å². The lowest BCUT2D eigenvalue weighted by Crippen LogP contribution is -2.11. The van der Waals surface area contributed by atoms with Gasteiger partial charge in [0.1, 0.15) is 0 Å². The normalized spacial score (nSPS) is 10.5. The molecule has 0 saturated carbocycles. The van der Waals surface area contributed by atoms with E-state index in [0.29, 0.717) is 5.56 Å². The summed E-state index contributed by atoms with van der Waals surface area (Å²) < 4.78 is 6.07. The van der Waals surface area contributed by atoms with Crippen LogP contribution in [0.3, 0.4) is 0 Å². The maximum absolute atomic E-state index is 11.5. The van der Waals surface area contributed by atoms with Crippen LogP contribution in [-0.4, -0.2) is 12.1 Å². The van der Waals surface area contributed by atoms with Crippen molar-refractivity contribution in [2.24, 2.45) is 0 Å². The van der Waals surface area contributed by atoms with Crippen molar-refractivity contribution in [3.63, 3.8) is 0 Å². The van der Waals surface area contributed by atoms with Gasteiger partial charge < -0.3 is 4.74 Å². The molecule has 2 nitrogen and oxygen atoms in total. The van der Waals surface area contributed by atoms with Crippen LogP contribution in [0.25, 0.3) is 0 Å². The van der Waals surface area contributed by atoms with E-state index in [-0.39, 0.29) is 12.1 Å². The summed E-state index contributed by atoms with van der Waals surface area (Å²) in [7, 11) is 0. The molecular formula is C9H11BrO2S. The molecule has 0 N–H and O–H groups in total. The second-order valence-electron chi connectivity index (χ2n) is 3.00. The fourth-order valence-electron chi connectivity index (χ4n) is 0.872. The van der Waals surface area contributed by atoms with Crippen LogP contribution >= 0.6 is 27.3 Å². The fourth-order valence-corrected chi connectivity index (χ4v) is 2.15. The van der Waals surface area contributed by atoms with Crippen molar-refractivity contribution in [1.29, 1.82) is 0 Å². The van der Waals surface area contributed by atoms with E-state index in [9.17, 15) is 4.79 Å². The Morgan fingerprint density at radius 2 is 2.23 bits per heavy atom. The van der Waals surface area contributed by atoms with E-state index in [2.05, 4.69) is 15.9 Å². The quantitative estimate of drug-likeness (QED) is 0.764. The van der Waals surface area contributed by atoms with Gasteiger partial charge in [0.25, 0.3) is 0 Å². The number of esters is 1. The lowest BCUT2D eigenvalue weighted by atomic mass is 10.2. The lowest BCUT2D eigenvalue weighted by molar-refractivity contribution is 0.0377. The van der Waals surface area contributed by atoms with Gasteiger partial charge in [-0.25, -0.2) is 4.79 Å². The van der Waals surface area contributed by atoms with Crippen LogP contribution in [0.1, 0.15) is 29.8 Å². The standard InChI is InChI=1S/C9H11BrO2S/c1-5(2)12-9(11)7-4-13-8(10)6(7)3/h4-5H,1-3H3. The number of hydrogen-bond acceptors (Lipinski definition) is 3. The third-order valence-corrected chi connectivity index (χ3v) is 3.56. The summed E-state index contributed by atoms with van der Waals surface area (Å²) in [4.78, 5) is 11.5. The third-order valence-electron chi connectivity index (χ3n) is 1.54. The molecule has 1 aromatic heterocycles. The first-order valence-electron chi connectivity index (χ1n) is 3.97. The second kappa shape index (κ2) is 4.24. The van der Waals surface area contributed by atoms with Crippen LogP contribution in [0.4, 0.5) is 0 Å². The summed E-state index contributed by atoms with van der Waals surface area (Å²) in [5, 5.41) is 1.81. The van der Waals surface area contributed by atoms with Crippen LogP contribution in [-0.2, 0) is 4.74 Å². The van der Waals surface area contributed by atoms with Crippen molar-refractivity contribution in [3.8, 4) is 0 Å². The fraction of sp³-hybridized carbons (Fsp3) is 0.444. The molecule has 0 radical (unpaired) electrons. The molecule has 0 bridgehead atoms. The van der Waals surface area contributed by atoms with Crippen molar-refractivity contribution >= 4 is 33.2 Å². The van der Waals surface area contributed by atoms with Crippen LogP contribution in [0.5, 0.6) is 0 Å².